The summed E-state index contributed by atoms with van der Waals surface area (Å²) < 4.78 is 5.11. The highest BCUT2D eigenvalue weighted by atomic mass is 32.2. The Morgan fingerprint density at radius 1 is 0.291 bits per heavy atom. The van der Waals surface area contributed by atoms with Gasteiger partial charge >= 0.3 is 0 Å². The van der Waals surface area contributed by atoms with Crippen LogP contribution in [0.25, 0.3) is 88.4 Å². The average Bonchev–Trinajstić information content (AvgIpc) is 0.910. The second-order valence-electron chi connectivity index (χ2n) is 38.2. The summed E-state index contributed by atoms with van der Waals surface area (Å²) in [5.41, 5.74) is 29.8. The minimum atomic E-state index is -0.244. The molecule has 0 unspecified atom stereocenters. The first kappa shape index (κ1) is 69.8. The number of benzene rings is 9. The molecule has 4 aromatic heterocycles. The number of nitrogens with zero attached hydrogens (tertiary/aromatic N) is 5. The molecule has 0 aliphatic carbocycles. The summed E-state index contributed by atoms with van der Waals surface area (Å²) in [6.07, 6.45) is 0. The number of hydrogen-bond acceptors (Lipinski definition) is 4. The lowest BCUT2D eigenvalue weighted by Crippen LogP contribution is -2.60. The van der Waals surface area contributed by atoms with Crippen LogP contribution >= 0.6 is 11.8 Å². The molecule has 2 aliphatic heterocycles. The summed E-state index contributed by atoms with van der Waals surface area (Å²) in [5.74, 6) is 0. The third-order valence-corrected chi connectivity index (χ3v) is 23.1. The number of fused-ring (bicyclic) bond motifs is 10. The van der Waals surface area contributed by atoms with Gasteiger partial charge in [0.25, 0.3) is 0 Å². The van der Waals surface area contributed by atoms with Crippen LogP contribution in [-0.4, -0.2) is 25.8 Å². The second-order valence-corrected chi connectivity index (χ2v) is 39.2. The van der Waals surface area contributed by atoms with E-state index in [-0.39, 0.29) is 50.0 Å². The van der Waals surface area contributed by atoms with E-state index < -0.39 is 0 Å². The molecule has 103 heavy (non-hydrogen) atoms. The Labute approximate surface area is 618 Å². The maximum Gasteiger partial charge on any atom is 0.249 e. The lowest BCUT2D eigenvalue weighted by Gasteiger charge is -2.42. The first-order chi connectivity index (χ1) is 48.1. The zero-order valence-corrected chi connectivity index (χ0v) is 66.5. The predicted octanol–water partition coefficient (Wildman–Crippen LogP) is 24.8. The van der Waals surface area contributed by atoms with Crippen molar-refractivity contribution in [3.63, 3.8) is 0 Å². The molecule has 6 heterocycles. The van der Waals surface area contributed by atoms with Crippen LogP contribution in [-0.2, 0) is 43.3 Å². The maximum absolute atomic E-state index is 5.55. The molecule has 2 aliphatic rings. The number of aromatic nitrogens is 4. The van der Waals surface area contributed by atoms with Crippen molar-refractivity contribution in [2.75, 3.05) is 4.90 Å². The van der Waals surface area contributed by atoms with Crippen LogP contribution in [0.3, 0.4) is 0 Å². The van der Waals surface area contributed by atoms with Crippen molar-refractivity contribution in [1.29, 1.82) is 0 Å². The van der Waals surface area contributed by atoms with Gasteiger partial charge in [-0.15, -0.1) is 0 Å². The number of hydrogen-bond donors (Lipinski definition) is 0. The van der Waals surface area contributed by atoms with E-state index in [0.29, 0.717) is 0 Å². The molecule has 0 fully saturated rings. The van der Waals surface area contributed by atoms with E-state index in [9.17, 15) is 0 Å². The van der Waals surface area contributed by atoms with Gasteiger partial charge in [-0.1, -0.05) is 268 Å². The van der Waals surface area contributed by atoms with Crippen molar-refractivity contribution in [2.45, 2.75) is 219 Å². The largest absolute Gasteiger partial charge is 0.310 e. The van der Waals surface area contributed by atoms with Gasteiger partial charge in [-0.3, -0.25) is 9.97 Å². The average molecular weight is 1370 g/mol. The number of para-hydroxylation sites is 1. The molecule has 5 nitrogen and oxygen atoms in total. The third kappa shape index (κ3) is 12.3. The molecule has 0 N–H and O–H groups in total. The summed E-state index contributed by atoms with van der Waals surface area (Å²) >= 11 is 1.93. The highest BCUT2D eigenvalue weighted by Crippen LogP contribution is 2.53. The van der Waals surface area contributed by atoms with E-state index in [1.54, 1.807) is 0 Å². The molecule has 0 saturated carbocycles. The SMILES string of the molecule is CC(C)(C)c1ccc2c(c1)c1cc(C(C)(C)C)ccc1n2-c1ccc2c(c1)Sc1cc(-c3ccccc3)cc3c1B2c1ccc(-n2c4ccc(C(C)(C)C)cc4c4cc(C(C)(C)C)ccc42)cc1N3c1c(-c2cc(C(C)(C)C)nc(C(C)(C)C)c2)cccc1-c1cc(C(C)(C)C)nc(C(C)(C)C)c1. The summed E-state index contributed by atoms with van der Waals surface area (Å²) in [4.78, 5) is 16.4. The van der Waals surface area contributed by atoms with Crippen LogP contribution in [0.1, 0.15) is 211 Å². The fraction of sp³-hybridized carbons (Fsp3) is 0.333. The molecular weight excluding hydrogens is 1270 g/mol. The number of anilines is 3. The molecule has 0 amide bonds. The number of pyridine rings is 2. The van der Waals surface area contributed by atoms with Crippen molar-refractivity contribution in [2.24, 2.45) is 0 Å². The Hall–Kier alpha value is -8.91. The standard InChI is InChI=1S/C96H104BN5S/c1-89(2,3)61-33-41-75-69(51-61)70-52-62(90(4,5)6)34-42-76(70)100(75)65-37-39-73-79(55-65)102(88-67(59-47-83(93(13,14)15)98-84(48-59)94(16,17)18)31-28-32-68(88)60-49-85(95(19,20)21)99-86(50-60)96(22,23)24)80-45-58(57-29-26-25-27-30-57)46-82-87(80)97(73)74-40-38-66(56-81(74)103-82)101-77-43-35-63(91(7,8)9)53-71(77)72-54-64(92(10,11)12)36-44-78(72)101/h25-56H,1-24H3. The van der Waals surface area contributed by atoms with Gasteiger partial charge in [0, 0.05) is 110 Å². The van der Waals surface area contributed by atoms with Gasteiger partial charge < -0.3 is 14.0 Å². The van der Waals surface area contributed by atoms with E-state index in [1.807, 2.05) is 11.8 Å². The minimum absolute atomic E-state index is 0.0151. The summed E-state index contributed by atoms with van der Waals surface area (Å²) in [6.45, 7) is 55.5. The number of rotatable bonds is 6. The zero-order valence-electron chi connectivity index (χ0n) is 65.7. The van der Waals surface area contributed by atoms with E-state index in [2.05, 4.69) is 374 Å². The van der Waals surface area contributed by atoms with E-state index in [1.165, 1.54) is 109 Å². The summed E-state index contributed by atoms with van der Waals surface area (Å²) in [5, 5.41) is 5.11. The molecule has 0 radical (unpaired) electrons. The molecule has 7 heteroatoms. The molecule has 15 rings (SSSR count). The van der Waals surface area contributed by atoms with Crippen LogP contribution in [0.4, 0.5) is 17.1 Å². The Morgan fingerprint density at radius 2 is 0.670 bits per heavy atom. The first-order valence-corrected chi connectivity index (χ1v) is 38.3. The van der Waals surface area contributed by atoms with Crippen LogP contribution in [0.5, 0.6) is 0 Å². The summed E-state index contributed by atoms with van der Waals surface area (Å²) in [6, 6.07) is 76.7. The normalized spacial score (nSPS) is 13.9. The van der Waals surface area contributed by atoms with Gasteiger partial charge in [0.15, 0.2) is 0 Å². The van der Waals surface area contributed by atoms with Gasteiger partial charge in [-0.25, -0.2) is 0 Å². The van der Waals surface area contributed by atoms with Crippen molar-refractivity contribution < 1.29 is 0 Å². The Balaban J connectivity index is 1.08. The van der Waals surface area contributed by atoms with Crippen molar-refractivity contribution in [3.05, 3.63) is 239 Å². The van der Waals surface area contributed by atoms with E-state index >= 15 is 0 Å². The van der Waals surface area contributed by atoms with Crippen molar-refractivity contribution in [1.82, 2.24) is 19.1 Å². The molecule has 522 valence electrons. The molecule has 9 aromatic carbocycles. The minimum Gasteiger partial charge on any atom is -0.310 e. The Bertz CT molecular complexity index is 5320. The quantitative estimate of drug-likeness (QED) is 0.156. The maximum atomic E-state index is 5.55. The Kier molecular flexibility index (Phi) is 16.1. The van der Waals surface area contributed by atoms with Gasteiger partial charge in [0.1, 0.15) is 0 Å². The topological polar surface area (TPSA) is 38.9 Å². The first-order valence-electron chi connectivity index (χ1n) is 37.5. The molecule has 0 atom stereocenters. The molecule has 13 aromatic rings. The van der Waals surface area contributed by atoms with Gasteiger partial charge in [-0.2, -0.15) is 0 Å². The van der Waals surface area contributed by atoms with Crippen molar-refractivity contribution >= 4 is 95.5 Å². The fourth-order valence-electron chi connectivity index (χ4n) is 15.7. The lowest BCUT2D eigenvalue weighted by molar-refractivity contribution is 0.531. The smallest absolute Gasteiger partial charge is 0.249 e. The second kappa shape index (κ2) is 23.8. The predicted molar refractivity (Wildman–Crippen MR) is 447 cm³/mol. The van der Waals surface area contributed by atoms with Crippen LogP contribution in [0, 0.1) is 0 Å². The van der Waals surface area contributed by atoms with Crippen molar-refractivity contribution in [3.8, 4) is 44.8 Å². The van der Waals surface area contributed by atoms with Crippen LogP contribution in [0.15, 0.2) is 204 Å². The Morgan fingerprint density at radius 3 is 1.05 bits per heavy atom. The molecule has 0 saturated heterocycles. The molecular formula is C96H104BN5S. The molecule has 0 spiro atoms. The lowest BCUT2D eigenvalue weighted by atomic mass is 9.34. The van der Waals surface area contributed by atoms with Gasteiger partial charge in [0.2, 0.25) is 6.71 Å². The zero-order chi connectivity index (χ0) is 73.5. The van der Waals surface area contributed by atoms with Gasteiger partial charge in [0.05, 0.1) is 27.8 Å². The highest BCUT2D eigenvalue weighted by Gasteiger charge is 2.44. The van der Waals surface area contributed by atoms with Crippen LogP contribution in [0.2, 0.25) is 0 Å². The summed E-state index contributed by atoms with van der Waals surface area (Å²) in [7, 11) is 0. The van der Waals surface area contributed by atoms with Crippen LogP contribution < -0.4 is 21.3 Å². The monoisotopic (exact) mass is 1370 g/mol. The van der Waals surface area contributed by atoms with E-state index in [4.69, 9.17) is 9.97 Å². The highest BCUT2D eigenvalue weighted by molar-refractivity contribution is 8.00. The third-order valence-electron chi connectivity index (χ3n) is 22.0. The van der Waals surface area contributed by atoms with Gasteiger partial charge in [-0.05, 0) is 186 Å². The molecule has 0 bridgehead atoms. The van der Waals surface area contributed by atoms with E-state index in [0.717, 1.165) is 67.8 Å². The fourth-order valence-corrected chi connectivity index (χ4v) is 16.9.